The fraction of sp³-hybridized carbons (Fsp3) is 0.167. The smallest absolute Gasteiger partial charge is 0.335 e. The van der Waals surface area contributed by atoms with Gasteiger partial charge < -0.3 is 14.9 Å². The maximum Gasteiger partial charge on any atom is 0.335 e. The number of hydrogen-bond acceptors (Lipinski definition) is 4. The van der Waals surface area contributed by atoms with E-state index in [1.807, 2.05) is 0 Å². The second kappa shape index (κ2) is 5.16. The molecule has 0 saturated heterocycles. The summed E-state index contributed by atoms with van der Waals surface area (Å²) in [4.78, 5) is 21.7. The Balaban J connectivity index is 2.90. The molecule has 0 aromatic heterocycles. The molecular weight excluding hydrogens is 224 g/mol. The highest BCUT2D eigenvalue weighted by Gasteiger charge is 2.12. The number of carbonyl (C=O) groups excluding carboxylic acids is 1. The molecule has 0 spiro atoms. The van der Waals surface area contributed by atoms with E-state index in [2.05, 4.69) is 11.3 Å². The van der Waals surface area contributed by atoms with Crippen LogP contribution in [0.4, 0.5) is 0 Å². The van der Waals surface area contributed by atoms with Crippen molar-refractivity contribution in [3.05, 3.63) is 41.5 Å². The molecule has 0 fully saturated rings. The summed E-state index contributed by atoms with van der Waals surface area (Å²) in [5.41, 5.74) is 0.589. The Bertz CT molecular complexity index is 476. The Hall–Kier alpha value is -2.30. The van der Waals surface area contributed by atoms with Crippen LogP contribution in [0.2, 0.25) is 0 Å². The molecule has 0 bridgehead atoms. The number of ether oxygens (including phenoxy) is 1. The van der Waals surface area contributed by atoms with Gasteiger partial charge in [-0.2, -0.15) is 0 Å². The number of carboxylic acids is 1. The van der Waals surface area contributed by atoms with Crippen molar-refractivity contribution >= 4 is 11.9 Å². The van der Waals surface area contributed by atoms with Gasteiger partial charge in [-0.15, -0.1) is 0 Å². The van der Waals surface area contributed by atoms with E-state index in [1.54, 1.807) is 0 Å². The van der Waals surface area contributed by atoms with Gasteiger partial charge in [-0.25, -0.2) is 9.59 Å². The van der Waals surface area contributed by atoms with Crippen LogP contribution in [0.25, 0.3) is 0 Å². The minimum Gasteiger partial charge on any atom is -0.508 e. The summed E-state index contributed by atoms with van der Waals surface area (Å²) in [5, 5.41) is 18.3. The third-order valence-corrected chi connectivity index (χ3v) is 2.21. The SMILES string of the molecule is C=C(Cc1ccc(C(=O)O)cc1O)C(=O)OC. The van der Waals surface area contributed by atoms with Crippen LogP contribution in [-0.4, -0.2) is 29.3 Å². The Labute approximate surface area is 98.0 Å². The zero-order chi connectivity index (χ0) is 13.0. The number of carbonyl (C=O) groups is 2. The summed E-state index contributed by atoms with van der Waals surface area (Å²) in [7, 11) is 1.24. The molecule has 5 heteroatoms. The molecule has 0 saturated carbocycles. The van der Waals surface area contributed by atoms with E-state index in [-0.39, 0.29) is 23.3 Å². The first-order chi connectivity index (χ1) is 7.95. The molecule has 0 unspecified atom stereocenters. The summed E-state index contributed by atoms with van der Waals surface area (Å²) >= 11 is 0. The molecule has 1 aromatic rings. The molecule has 0 aliphatic heterocycles. The van der Waals surface area contributed by atoms with Crippen molar-refractivity contribution in [1.29, 1.82) is 0 Å². The van der Waals surface area contributed by atoms with Gasteiger partial charge in [-0.05, 0) is 17.7 Å². The normalized spacial score (nSPS) is 9.71. The number of methoxy groups -OCH3 is 1. The first-order valence-corrected chi connectivity index (χ1v) is 4.77. The summed E-state index contributed by atoms with van der Waals surface area (Å²) in [6, 6.07) is 3.91. The van der Waals surface area contributed by atoms with E-state index in [4.69, 9.17) is 5.11 Å². The largest absolute Gasteiger partial charge is 0.508 e. The van der Waals surface area contributed by atoms with Gasteiger partial charge in [-0.1, -0.05) is 12.6 Å². The molecular formula is C12H12O5. The number of hydrogen-bond donors (Lipinski definition) is 2. The lowest BCUT2D eigenvalue weighted by molar-refractivity contribution is -0.136. The molecule has 5 nitrogen and oxygen atoms in total. The van der Waals surface area contributed by atoms with Crippen molar-refractivity contribution in [2.45, 2.75) is 6.42 Å². The number of phenolic OH excluding ortho intramolecular Hbond substituents is 1. The Morgan fingerprint density at radius 3 is 2.53 bits per heavy atom. The van der Waals surface area contributed by atoms with Crippen molar-refractivity contribution in [1.82, 2.24) is 0 Å². The van der Waals surface area contributed by atoms with Gasteiger partial charge in [0.2, 0.25) is 0 Å². The van der Waals surface area contributed by atoms with Gasteiger partial charge in [0.05, 0.1) is 12.7 Å². The molecule has 17 heavy (non-hydrogen) atoms. The third-order valence-electron chi connectivity index (χ3n) is 2.21. The highest BCUT2D eigenvalue weighted by atomic mass is 16.5. The van der Waals surface area contributed by atoms with Gasteiger partial charge in [-0.3, -0.25) is 0 Å². The summed E-state index contributed by atoms with van der Waals surface area (Å²) in [5.74, 6) is -1.87. The molecule has 0 radical (unpaired) electrons. The number of carboxylic acid groups (broad SMARTS) is 1. The van der Waals surface area contributed by atoms with Gasteiger partial charge in [0.25, 0.3) is 0 Å². The van der Waals surface area contributed by atoms with E-state index in [0.717, 1.165) is 6.07 Å². The van der Waals surface area contributed by atoms with E-state index >= 15 is 0 Å². The minimum absolute atomic E-state index is 0.0186. The van der Waals surface area contributed by atoms with Crippen molar-refractivity contribution in [3.8, 4) is 5.75 Å². The lowest BCUT2D eigenvalue weighted by Gasteiger charge is -2.06. The van der Waals surface area contributed by atoms with Crippen molar-refractivity contribution in [2.24, 2.45) is 0 Å². The van der Waals surface area contributed by atoms with Crippen LogP contribution in [0.3, 0.4) is 0 Å². The minimum atomic E-state index is -1.13. The van der Waals surface area contributed by atoms with Crippen LogP contribution in [0.1, 0.15) is 15.9 Å². The van der Waals surface area contributed by atoms with E-state index in [0.29, 0.717) is 5.56 Å². The Morgan fingerprint density at radius 2 is 2.06 bits per heavy atom. The first-order valence-electron chi connectivity index (χ1n) is 4.77. The third kappa shape index (κ3) is 3.07. The number of rotatable bonds is 4. The van der Waals surface area contributed by atoms with Crippen LogP contribution >= 0.6 is 0 Å². The quantitative estimate of drug-likeness (QED) is 0.609. The van der Waals surface area contributed by atoms with Crippen LogP contribution in [0.5, 0.6) is 5.75 Å². The topological polar surface area (TPSA) is 83.8 Å². The van der Waals surface area contributed by atoms with Gasteiger partial charge >= 0.3 is 11.9 Å². The molecule has 0 aliphatic rings. The molecule has 0 atom stereocenters. The maximum absolute atomic E-state index is 11.1. The number of benzene rings is 1. The zero-order valence-electron chi connectivity index (χ0n) is 9.27. The summed E-state index contributed by atoms with van der Waals surface area (Å²) < 4.78 is 4.47. The van der Waals surface area contributed by atoms with Crippen molar-refractivity contribution < 1.29 is 24.5 Å². The van der Waals surface area contributed by atoms with Gasteiger partial charge in [0, 0.05) is 12.0 Å². The second-order valence-electron chi connectivity index (χ2n) is 3.42. The monoisotopic (exact) mass is 236 g/mol. The van der Waals surface area contributed by atoms with Crippen LogP contribution in [-0.2, 0) is 16.0 Å². The van der Waals surface area contributed by atoms with Crippen LogP contribution < -0.4 is 0 Å². The Kier molecular flexibility index (Phi) is 3.87. The van der Waals surface area contributed by atoms with E-state index in [9.17, 15) is 14.7 Å². The standard InChI is InChI=1S/C12H12O5/c1-7(12(16)17-2)5-8-3-4-9(11(14)15)6-10(8)13/h3-4,6,13H,1,5H2,2H3,(H,14,15). The number of esters is 1. The molecule has 90 valence electrons. The second-order valence-corrected chi connectivity index (χ2v) is 3.42. The lowest BCUT2D eigenvalue weighted by atomic mass is 10.0. The van der Waals surface area contributed by atoms with E-state index in [1.165, 1.54) is 19.2 Å². The van der Waals surface area contributed by atoms with Gasteiger partial charge in [0.1, 0.15) is 5.75 Å². The molecule has 1 aromatic carbocycles. The van der Waals surface area contributed by atoms with Gasteiger partial charge in [0.15, 0.2) is 0 Å². The zero-order valence-corrected chi connectivity index (χ0v) is 9.27. The maximum atomic E-state index is 11.1. The average molecular weight is 236 g/mol. The average Bonchev–Trinajstić information content (AvgIpc) is 2.30. The molecule has 0 amide bonds. The predicted molar refractivity (Wildman–Crippen MR) is 59.9 cm³/mol. The molecule has 2 N–H and O–H groups in total. The highest BCUT2D eigenvalue weighted by Crippen LogP contribution is 2.21. The fourth-order valence-corrected chi connectivity index (χ4v) is 1.29. The summed E-state index contributed by atoms with van der Waals surface area (Å²) in [6.07, 6.45) is 0.110. The molecule has 0 aliphatic carbocycles. The van der Waals surface area contributed by atoms with Crippen LogP contribution in [0, 0.1) is 0 Å². The predicted octanol–water partition coefficient (Wildman–Crippen LogP) is 1.36. The molecule has 1 rings (SSSR count). The number of phenols is 1. The lowest BCUT2D eigenvalue weighted by Crippen LogP contribution is -2.06. The first kappa shape index (κ1) is 12.8. The van der Waals surface area contributed by atoms with E-state index < -0.39 is 11.9 Å². The van der Waals surface area contributed by atoms with Crippen molar-refractivity contribution in [3.63, 3.8) is 0 Å². The fourth-order valence-electron chi connectivity index (χ4n) is 1.29. The number of aromatic hydroxyl groups is 1. The summed E-state index contributed by atoms with van der Waals surface area (Å²) in [6.45, 7) is 3.52. The van der Waals surface area contributed by atoms with Crippen LogP contribution in [0.15, 0.2) is 30.4 Å². The highest BCUT2D eigenvalue weighted by molar-refractivity contribution is 5.89. The molecule has 0 heterocycles. The number of aromatic carboxylic acids is 1. The van der Waals surface area contributed by atoms with Crippen molar-refractivity contribution in [2.75, 3.05) is 7.11 Å². The Morgan fingerprint density at radius 1 is 1.41 bits per heavy atom.